The highest BCUT2D eigenvalue weighted by molar-refractivity contribution is 6.13. The van der Waals surface area contributed by atoms with Crippen LogP contribution in [0.5, 0.6) is 0 Å². The second kappa shape index (κ2) is 5.38. The van der Waals surface area contributed by atoms with Gasteiger partial charge in [0, 0.05) is 29.4 Å². The van der Waals surface area contributed by atoms with Crippen molar-refractivity contribution in [3.63, 3.8) is 0 Å². The van der Waals surface area contributed by atoms with Gasteiger partial charge < -0.3 is 0 Å². The second-order valence-electron chi connectivity index (χ2n) is 8.63. The van der Waals surface area contributed by atoms with E-state index in [9.17, 15) is 0 Å². The Morgan fingerprint density at radius 1 is 0.645 bits per heavy atom. The number of benzene rings is 3. The number of fused-ring (bicyclic) bond motifs is 14. The molecule has 3 nitrogen and oxygen atoms in total. The SMILES string of the molecule is c1ccc2c(c1)Cc1c-2ccc2c1Cc1c-2ccc2c3ncccc3n3ccnc3c12. The van der Waals surface area contributed by atoms with Gasteiger partial charge in [-0.1, -0.05) is 48.5 Å². The van der Waals surface area contributed by atoms with E-state index in [-0.39, 0.29) is 0 Å². The summed E-state index contributed by atoms with van der Waals surface area (Å²) < 4.78 is 2.19. The van der Waals surface area contributed by atoms with E-state index in [2.05, 4.69) is 65.2 Å². The molecule has 6 aromatic rings. The minimum absolute atomic E-state index is 0.958. The molecule has 3 aromatic heterocycles. The van der Waals surface area contributed by atoms with Crippen molar-refractivity contribution in [2.45, 2.75) is 12.8 Å². The Labute approximate surface area is 178 Å². The van der Waals surface area contributed by atoms with Crippen LogP contribution >= 0.6 is 0 Å². The average Bonchev–Trinajstić information content (AvgIpc) is 3.53. The van der Waals surface area contributed by atoms with E-state index >= 15 is 0 Å². The maximum absolute atomic E-state index is 4.78. The quantitative estimate of drug-likeness (QED) is 0.287. The molecule has 0 spiro atoms. The molecule has 0 saturated heterocycles. The summed E-state index contributed by atoms with van der Waals surface area (Å²) in [5.74, 6) is 0. The molecule has 0 aliphatic heterocycles. The highest BCUT2D eigenvalue weighted by Crippen LogP contribution is 2.48. The van der Waals surface area contributed by atoms with Gasteiger partial charge in [0.1, 0.15) is 5.65 Å². The minimum atomic E-state index is 0.958. The fraction of sp³-hybridized carbons (Fsp3) is 0.0714. The summed E-state index contributed by atoms with van der Waals surface area (Å²) >= 11 is 0. The Balaban J connectivity index is 1.46. The summed E-state index contributed by atoms with van der Waals surface area (Å²) in [6.45, 7) is 0. The maximum Gasteiger partial charge on any atom is 0.145 e. The molecule has 31 heavy (non-hydrogen) atoms. The minimum Gasteiger partial charge on any atom is -0.298 e. The molecule has 0 amide bonds. The second-order valence-corrected chi connectivity index (χ2v) is 8.63. The lowest BCUT2D eigenvalue weighted by Crippen LogP contribution is -1.95. The first kappa shape index (κ1) is 15.8. The molecule has 3 aromatic carbocycles. The number of nitrogens with zero attached hydrogens (tertiary/aromatic N) is 3. The third kappa shape index (κ3) is 1.85. The smallest absolute Gasteiger partial charge is 0.145 e. The third-order valence-corrected chi connectivity index (χ3v) is 7.23. The van der Waals surface area contributed by atoms with E-state index in [0.717, 1.165) is 29.5 Å². The van der Waals surface area contributed by atoms with E-state index in [4.69, 9.17) is 9.97 Å². The molecule has 2 aliphatic carbocycles. The van der Waals surface area contributed by atoms with Crippen LogP contribution in [-0.4, -0.2) is 14.4 Å². The molecular formula is C28H17N3. The van der Waals surface area contributed by atoms with Crippen LogP contribution in [-0.2, 0) is 12.8 Å². The van der Waals surface area contributed by atoms with E-state index in [1.807, 2.05) is 18.5 Å². The molecule has 8 rings (SSSR count). The third-order valence-electron chi connectivity index (χ3n) is 7.23. The summed E-state index contributed by atoms with van der Waals surface area (Å²) in [6, 6.07) is 22.2. The molecular weight excluding hydrogens is 378 g/mol. The first-order valence-electron chi connectivity index (χ1n) is 10.8. The van der Waals surface area contributed by atoms with E-state index < -0.39 is 0 Å². The molecule has 0 saturated carbocycles. The number of hydrogen-bond acceptors (Lipinski definition) is 2. The maximum atomic E-state index is 4.78. The van der Waals surface area contributed by atoms with Crippen molar-refractivity contribution in [3.8, 4) is 22.3 Å². The highest BCUT2D eigenvalue weighted by Gasteiger charge is 2.29. The Morgan fingerprint density at radius 3 is 2.42 bits per heavy atom. The number of aromatic nitrogens is 3. The van der Waals surface area contributed by atoms with Gasteiger partial charge in [0.25, 0.3) is 0 Å². The molecule has 0 N–H and O–H groups in total. The predicted octanol–water partition coefficient (Wildman–Crippen LogP) is 6.18. The zero-order valence-corrected chi connectivity index (χ0v) is 16.8. The van der Waals surface area contributed by atoms with Gasteiger partial charge in [-0.25, -0.2) is 4.98 Å². The zero-order chi connectivity index (χ0) is 20.1. The van der Waals surface area contributed by atoms with Crippen molar-refractivity contribution in [1.29, 1.82) is 0 Å². The Hall–Kier alpha value is -3.98. The molecule has 0 bridgehead atoms. The monoisotopic (exact) mass is 395 g/mol. The van der Waals surface area contributed by atoms with Gasteiger partial charge >= 0.3 is 0 Å². The average molecular weight is 395 g/mol. The number of hydrogen-bond donors (Lipinski definition) is 0. The fourth-order valence-electron chi connectivity index (χ4n) is 5.92. The van der Waals surface area contributed by atoms with Crippen molar-refractivity contribution >= 4 is 27.5 Å². The molecule has 2 aliphatic rings. The van der Waals surface area contributed by atoms with E-state index in [0.29, 0.717) is 0 Å². The Kier molecular flexibility index (Phi) is 2.74. The summed E-state index contributed by atoms with van der Waals surface area (Å²) in [5.41, 5.74) is 14.5. The molecule has 0 radical (unpaired) electrons. The van der Waals surface area contributed by atoms with Crippen molar-refractivity contribution in [1.82, 2.24) is 14.4 Å². The van der Waals surface area contributed by atoms with Crippen LogP contribution in [0.25, 0.3) is 49.7 Å². The van der Waals surface area contributed by atoms with Crippen molar-refractivity contribution in [2.24, 2.45) is 0 Å². The normalized spacial score (nSPS) is 13.5. The molecule has 144 valence electrons. The lowest BCUT2D eigenvalue weighted by molar-refractivity contribution is 1.17. The topological polar surface area (TPSA) is 30.2 Å². The van der Waals surface area contributed by atoms with Crippen molar-refractivity contribution in [2.75, 3.05) is 0 Å². The van der Waals surface area contributed by atoms with Crippen LogP contribution in [0.15, 0.2) is 79.3 Å². The summed E-state index contributed by atoms with van der Waals surface area (Å²) in [7, 11) is 0. The first-order valence-corrected chi connectivity index (χ1v) is 10.8. The lowest BCUT2D eigenvalue weighted by atomic mass is 9.96. The van der Waals surface area contributed by atoms with E-state index in [1.165, 1.54) is 55.3 Å². The van der Waals surface area contributed by atoms with Gasteiger partial charge in [0.15, 0.2) is 0 Å². The van der Waals surface area contributed by atoms with E-state index in [1.54, 1.807) is 0 Å². The Bertz CT molecular complexity index is 1740. The van der Waals surface area contributed by atoms with Gasteiger partial charge in [-0.15, -0.1) is 0 Å². The summed E-state index contributed by atoms with van der Waals surface area (Å²) in [4.78, 5) is 9.53. The molecule has 3 heterocycles. The number of imidazole rings is 1. The highest BCUT2D eigenvalue weighted by atomic mass is 15.0. The standard InChI is InChI=1S/C28H17N3/c1-2-5-17-16(4-1)14-22-18(17)7-8-19-20-9-10-21-26(24(20)15-23(19)22)28-30-12-13-31(28)25-6-3-11-29-27(21)25/h1-13H,14-15H2. The summed E-state index contributed by atoms with van der Waals surface area (Å²) in [5, 5.41) is 2.44. The van der Waals surface area contributed by atoms with Gasteiger partial charge in [0.2, 0.25) is 0 Å². The largest absolute Gasteiger partial charge is 0.298 e. The summed E-state index contributed by atoms with van der Waals surface area (Å²) in [6.07, 6.45) is 7.83. The van der Waals surface area contributed by atoms with Gasteiger partial charge in [-0.3, -0.25) is 9.38 Å². The molecule has 3 heteroatoms. The van der Waals surface area contributed by atoms with Crippen LogP contribution < -0.4 is 0 Å². The molecule has 0 atom stereocenters. The van der Waals surface area contributed by atoms with Gasteiger partial charge in [0.05, 0.1) is 11.0 Å². The van der Waals surface area contributed by atoms with Crippen LogP contribution in [0.4, 0.5) is 0 Å². The first-order chi connectivity index (χ1) is 15.4. The lowest BCUT2D eigenvalue weighted by Gasteiger charge is -2.11. The van der Waals surface area contributed by atoms with Crippen LogP contribution in [0.2, 0.25) is 0 Å². The van der Waals surface area contributed by atoms with Crippen LogP contribution in [0.3, 0.4) is 0 Å². The predicted molar refractivity (Wildman–Crippen MR) is 124 cm³/mol. The van der Waals surface area contributed by atoms with Crippen LogP contribution in [0, 0.1) is 0 Å². The van der Waals surface area contributed by atoms with Gasteiger partial charge in [-0.2, -0.15) is 0 Å². The van der Waals surface area contributed by atoms with Crippen LogP contribution in [0.1, 0.15) is 22.3 Å². The fourth-order valence-corrected chi connectivity index (χ4v) is 5.92. The molecule has 0 unspecified atom stereocenters. The molecule has 0 fully saturated rings. The number of rotatable bonds is 0. The zero-order valence-electron chi connectivity index (χ0n) is 16.8. The number of pyridine rings is 2. The van der Waals surface area contributed by atoms with Crippen molar-refractivity contribution in [3.05, 3.63) is 102 Å². The van der Waals surface area contributed by atoms with Gasteiger partial charge in [-0.05, 0) is 69.5 Å². The Morgan fingerprint density at radius 2 is 1.45 bits per heavy atom. The van der Waals surface area contributed by atoms with Crippen molar-refractivity contribution < 1.29 is 0 Å².